The van der Waals surface area contributed by atoms with E-state index in [9.17, 15) is 13.2 Å². The van der Waals surface area contributed by atoms with E-state index in [4.69, 9.17) is 0 Å². The maximum Gasteiger partial charge on any atom is 0.230 e. The zero-order valence-electron chi connectivity index (χ0n) is 12.9. The van der Waals surface area contributed by atoms with Crippen molar-refractivity contribution in [2.75, 3.05) is 12.0 Å². The van der Waals surface area contributed by atoms with Crippen molar-refractivity contribution < 1.29 is 13.2 Å². The molecule has 2 atom stereocenters. The first kappa shape index (κ1) is 16.7. The summed E-state index contributed by atoms with van der Waals surface area (Å²) in [5.41, 5.74) is 0. The Kier molecular flexibility index (Phi) is 4.88. The van der Waals surface area contributed by atoms with Crippen molar-refractivity contribution in [2.45, 2.75) is 49.0 Å². The Labute approximate surface area is 140 Å². The number of carbonyl (C=O) groups is 1. The van der Waals surface area contributed by atoms with E-state index in [0.717, 1.165) is 12.8 Å². The molecule has 1 aromatic rings. The van der Waals surface area contributed by atoms with Gasteiger partial charge in [0, 0.05) is 30.5 Å². The van der Waals surface area contributed by atoms with E-state index in [1.165, 1.54) is 18.0 Å². The topological polar surface area (TPSA) is 92.3 Å². The SMILES string of the molecule is CS(=O)(=O)N1[C@H]2CC[C@H]1CC(NC(=O)CSc1ncccn1)C2. The predicted molar refractivity (Wildman–Crippen MR) is 87.4 cm³/mol. The third-order valence-electron chi connectivity index (χ3n) is 4.29. The number of carbonyl (C=O) groups excluding carboxylic acids is 1. The highest BCUT2D eigenvalue weighted by Gasteiger charge is 2.45. The van der Waals surface area contributed by atoms with Crippen molar-refractivity contribution in [1.29, 1.82) is 0 Å². The van der Waals surface area contributed by atoms with Gasteiger partial charge in [-0.1, -0.05) is 11.8 Å². The molecule has 3 heterocycles. The van der Waals surface area contributed by atoms with E-state index in [-0.39, 0.29) is 29.8 Å². The fourth-order valence-corrected chi connectivity index (χ4v) is 5.63. The summed E-state index contributed by atoms with van der Waals surface area (Å²) < 4.78 is 25.4. The first-order valence-electron chi connectivity index (χ1n) is 7.61. The van der Waals surface area contributed by atoms with Crippen LogP contribution in [0.4, 0.5) is 0 Å². The van der Waals surface area contributed by atoms with Gasteiger partial charge in [0.2, 0.25) is 15.9 Å². The van der Waals surface area contributed by atoms with E-state index in [1.54, 1.807) is 22.8 Å². The number of rotatable bonds is 5. The predicted octanol–water partition coefficient (Wildman–Crippen LogP) is 0.640. The molecule has 23 heavy (non-hydrogen) atoms. The normalized spacial score (nSPS) is 27.8. The van der Waals surface area contributed by atoms with E-state index < -0.39 is 10.0 Å². The molecule has 0 spiro atoms. The van der Waals surface area contributed by atoms with Gasteiger partial charge in [0.25, 0.3) is 0 Å². The number of thioether (sulfide) groups is 1. The van der Waals surface area contributed by atoms with Gasteiger partial charge in [0.1, 0.15) is 0 Å². The molecule has 2 aliphatic heterocycles. The van der Waals surface area contributed by atoms with Crippen LogP contribution in [-0.2, 0) is 14.8 Å². The average molecular weight is 356 g/mol. The summed E-state index contributed by atoms with van der Waals surface area (Å²) in [6.45, 7) is 0. The molecule has 1 N–H and O–H groups in total. The minimum absolute atomic E-state index is 0.0270. The van der Waals surface area contributed by atoms with Crippen LogP contribution >= 0.6 is 11.8 Å². The molecule has 0 unspecified atom stereocenters. The molecule has 0 radical (unpaired) electrons. The van der Waals surface area contributed by atoms with Crippen LogP contribution in [0, 0.1) is 0 Å². The lowest BCUT2D eigenvalue weighted by atomic mass is 10.00. The lowest BCUT2D eigenvalue weighted by Crippen LogP contribution is -2.52. The Morgan fingerprint density at radius 1 is 1.30 bits per heavy atom. The summed E-state index contributed by atoms with van der Waals surface area (Å²) >= 11 is 1.30. The number of aromatic nitrogens is 2. The van der Waals surface area contributed by atoms with Crippen LogP contribution in [0.15, 0.2) is 23.6 Å². The van der Waals surface area contributed by atoms with Crippen molar-refractivity contribution in [1.82, 2.24) is 19.6 Å². The number of nitrogens with zero attached hydrogens (tertiary/aromatic N) is 3. The van der Waals surface area contributed by atoms with Gasteiger partial charge < -0.3 is 5.32 Å². The Morgan fingerprint density at radius 2 is 1.91 bits per heavy atom. The zero-order valence-corrected chi connectivity index (χ0v) is 14.5. The number of sulfonamides is 1. The first-order valence-corrected chi connectivity index (χ1v) is 10.4. The molecule has 2 bridgehead atoms. The summed E-state index contributed by atoms with van der Waals surface area (Å²) in [4.78, 5) is 20.2. The molecule has 1 amide bonds. The van der Waals surface area contributed by atoms with Gasteiger partial charge >= 0.3 is 0 Å². The second kappa shape index (κ2) is 6.74. The Morgan fingerprint density at radius 3 is 2.48 bits per heavy atom. The van der Waals surface area contributed by atoms with Gasteiger partial charge in [-0.3, -0.25) is 4.79 Å². The maximum atomic E-state index is 12.1. The number of amides is 1. The third kappa shape index (κ3) is 4.02. The van der Waals surface area contributed by atoms with Crippen LogP contribution in [0.5, 0.6) is 0 Å². The van der Waals surface area contributed by atoms with Gasteiger partial charge in [-0.05, 0) is 31.7 Å². The highest BCUT2D eigenvalue weighted by atomic mass is 32.2. The minimum atomic E-state index is -3.16. The molecule has 2 saturated heterocycles. The van der Waals surface area contributed by atoms with Crippen LogP contribution in [0.3, 0.4) is 0 Å². The van der Waals surface area contributed by atoms with Gasteiger partial charge in [0.15, 0.2) is 5.16 Å². The van der Waals surface area contributed by atoms with E-state index in [1.807, 2.05) is 0 Å². The minimum Gasteiger partial charge on any atom is -0.353 e. The highest BCUT2D eigenvalue weighted by molar-refractivity contribution is 7.99. The number of hydrogen-bond acceptors (Lipinski definition) is 6. The van der Waals surface area contributed by atoms with Crippen molar-refractivity contribution in [3.63, 3.8) is 0 Å². The lowest BCUT2D eigenvalue weighted by molar-refractivity contribution is -0.119. The van der Waals surface area contributed by atoms with Crippen LogP contribution < -0.4 is 5.32 Å². The van der Waals surface area contributed by atoms with Crippen molar-refractivity contribution in [2.24, 2.45) is 0 Å². The van der Waals surface area contributed by atoms with E-state index in [0.29, 0.717) is 18.0 Å². The second-order valence-corrected chi connectivity index (χ2v) is 8.86. The van der Waals surface area contributed by atoms with Gasteiger partial charge in [-0.2, -0.15) is 4.31 Å². The van der Waals surface area contributed by atoms with Crippen LogP contribution in [-0.4, -0.2) is 58.7 Å². The Hall–Kier alpha value is -1.19. The largest absolute Gasteiger partial charge is 0.353 e. The molecule has 3 rings (SSSR count). The molecule has 9 heteroatoms. The number of nitrogens with one attached hydrogen (secondary N) is 1. The monoisotopic (exact) mass is 356 g/mol. The highest BCUT2D eigenvalue weighted by Crippen LogP contribution is 2.37. The Balaban J connectivity index is 1.51. The van der Waals surface area contributed by atoms with Crippen LogP contribution in [0.2, 0.25) is 0 Å². The molecule has 0 saturated carbocycles. The van der Waals surface area contributed by atoms with Crippen molar-refractivity contribution >= 4 is 27.7 Å². The second-order valence-electron chi connectivity index (χ2n) is 6.03. The molecule has 126 valence electrons. The summed E-state index contributed by atoms with van der Waals surface area (Å²) in [5.74, 6) is 0.214. The number of hydrogen-bond donors (Lipinski definition) is 1. The zero-order chi connectivity index (χ0) is 16.4. The summed E-state index contributed by atoms with van der Waals surface area (Å²) in [6, 6.07) is 1.84. The summed E-state index contributed by atoms with van der Waals surface area (Å²) in [5, 5.41) is 3.60. The smallest absolute Gasteiger partial charge is 0.230 e. The van der Waals surface area contributed by atoms with Crippen LogP contribution in [0.1, 0.15) is 25.7 Å². The fourth-order valence-electron chi connectivity index (χ4n) is 3.55. The molecule has 1 aromatic heterocycles. The number of piperidine rings is 1. The molecule has 0 aliphatic carbocycles. The summed E-state index contributed by atoms with van der Waals surface area (Å²) in [6.07, 6.45) is 7.72. The molecular formula is C14H20N4O3S2. The standard InChI is InChI=1S/C14H20N4O3S2/c1-23(20,21)18-11-3-4-12(18)8-10(7-11)17-13(19)9-22-14-15-5-2-6-16-14/h2,5-6,10-12H,3-4,7-9H2,1H3,(H,17,19)/t11-,12-/m0/s1. The number of fused-ring (bicyclic) bond motifs is 2. The average Bonchev–Trinajstić information content (AvgIpc) is 2.79. The lowest BCUT2D eigenvalue weighted by Gasteiger charge is -2.37. The van der Waals surface area contributed by atoms with Crippen molar-refractivity contribution in [3.8, 4) is 0 Å². The van der Waals surface area contributed by atoms with E-state index in [2.05, 4.69) is 15.3 Å². The van der Waals surface area contributed by atoms with Crippen LogP contribution in [0.25, 0.3) is 0 Å². The maximum absolute atomic E-state index is 12.1. The first-order chi connectivity index (χ1) is 10.9. The third-order valence-corrected chi connectivity index (χ3v) is 6.53. The van der Waals surface area contributed by atoms with E-state index >= 15 is 0 Å². The van der Waals surface area contributed by atoms with Gasteiger partial charge in [-0.25, -0.2) is 18.4 Å². The molecular weight excluding hydrogens is 336 g/mol. The molecule has 2 fully saturated rings. The summed E-state index contributed by atoms with van der Waals surface area (Å²) in [7, 11) is -3.16. The molecule has 7 nitrogen and oxygen atoms in total. The fraction of sp³-hybridized carbons (Fsp3) is 0.643. The Bertz CT molecular complexity index is 654. The quantitative estimate of drug-likeness (QED) is 0.615. The van der Waals surface area contributed by atoms with Crippen molar-refractivity contribution in [3.05, 3.63) is 18.5 Å². The molecule has 0 aromatic carbocycles. The molecule has 2 aliphatic rings. The van der Waals surface area contributed by atoms with Gasteiger partial charge in [0.05, 0.1) is 12.0 Å². The van der Waals surface area contributed by atoms with Gasteiger partial charge in [-0.15, -0.1) is 0 Å².